The highest BCUT2D eigenvalue weighted by molar-refractivity contribution is 5.99. The SMILES string of the molecule is CCN(C=O)C(=O)/C(N=O)=C(/N)N(C)CC. The van der Waals surface area contributed by atoms with E-state index in [0.29, 0.717) is 13.0 Å². The van der Waals surface area contributed by atoms with E-state index in [2.05, 4.69) is 5.18 Å². The van der Waals surface area contributed by atoms with Gasteiger partial charge in [0.1, 0.15) is 5.82 Å². The fraction of sp³-hybridized carbons (Fsp3) is 0.556. The number of likely N-dealkylation sites (N-methyl/N-ethyl adjacent to an activating group) is 1. The van der Waals surface area contributed by atoms with Gasteiger partial charge in [-0.05, 0) is 19.0 Å². The maximum Gasteiger partial charge on any atom is 0.286 e. The van der Waals surface area contributed by atoms with E-state index in [1.165, 1.54) is 4.90 Å². The molecular formula is C9H16N4O3. The fourth-order valence-corrected chi connectivity index (χ4v) is 0.949. The first-order valence-corrected chi connectivity index (χ1v) is 4.83. The number of carbonyl (C=O) groups is 2. The van der Waals surface area contributed by atoms with Crippen LogP contribution in [0.3, 0.4) is 0 Å². The van der Waals surface area contributed by atoms with Gasteiger partial charge in [-0.1, -0.05) is 0 Å². The van der Waals surface area contributed by atoms with Crippen LogP contribution in [-0.2, 0) is 9.59 Å². The molecule has 0 bridgehead atoms. The van der Waals surface area contributed by atoms with Crippen LogP contribution in [0.15, 0.2) is 16.7 Å². The molecule has 0 saturated carbocycles. The normalized spacial score (nSPS) is 11.4. The van der Waals surface area contributed by atoms with E-state index in [4.69, 9.17) is 5.73 Å². The van der Waals surface area contributed by atoms with Crippen LogP contribution >= 0.6 is 0 Å². The number of amides is 2. The summed E-state index contributed by atoms with van der Waals surface area (Å²) in [5, 5.41) is 2.59. The van der Waals surface area contributed by atoms with Crippen molar-refractivity contribution in [2.24, 2.45) is 10.9 Å². The summed E-state index contributed by atoms with van der Waals surface area (Å²) in [6.07, 6.45) is 0.340. The second-order valence-electron chi connectivity index (χ2n) is 3.04. The minimum Gasteiger partial charge on any atom is -0.383 e. The summed E-state index contributed by atoms with van der Waals surface area (Å²) in [4.78, 5) is 35.1. The predicted octanol–water partition coefficient (Wildman–Crippen LogP) is -0.163. The smallest absolute Gasteiger partial charge is 0.286 e. The van der Waals surface area contributed by atoms with Gasteiger partial charge in [-0.15, -0.1) is 4.91 Å². The minimum atomic E-state index is -0.787. The van der Waals surface area contributed by atoms with E-state index in [1.54, 1.807) is 20.9 Å². The highest BCUT2D eigenvalue weighted by Gasteiger charge is 2.22. The average molecular weight is 228 g/mol. The van der Waals surface area contributed by atoms with Crippen LogP contribution in [0.2, 0.25) is 0 Å². The third-order valence-corrected chi connectivity index (χ3v) is 2.15. The third-order valence-electron chi connectivity index (χ3n) is 2.15. The molecule has 0 aliphatic rings. The lowest BCUT2D eigenvalue weighted by Gasteiger charge is -2.19. The molecule has 7 heteroatoms. The van der Waals surface area contributed by atoms with Crippen LogP contribution in [0.1, 0.15) is 13.8 Å². The van der Waals surface area contributed by atoms with Gasteiger partial charge in [0.15, 0.2) is 0 Å². The Morgan fingerprint density at radius 2 is 1.94 bits per heavy atom. The van der Waals surface area contributed by atoms with Crippen molar-refractivity contribution >= 4 is 12.3 Å². The van der Waals surface area contributed by atoms with E-state index in [9.17, 15) is 14.5 Å². The van der Waals surface area contributed by atoms with Crippen molar-refractivity contribution in [2.75, 3.05) is 20.1 Å². The first-order chi connectivity index (χ1) is 7.53. The maximum absolute atomic E-state index is 11.6. The molecule has 16 heavy (non-hydrogen) atoms. The Bertz CT molecular complexity index is 314. The van der Waals surface area contributed by atoms with Crippen LogP contribution in [-0.4, -0.2) is 42.3 Å². The number of nitroso groups, excluding NO2 is 1. The topological polar surface area (TPSA) is 96.1 Å². The molecule has 0 spiro atoms. The van der Waals surface area contributed by atoms with Gasteiger partial charge in [0.25, 0.3) is 5.91 Å². The van der Waals surface area contributed by atoms with Crippen molar-refractivity contribution in [2.45, 2.75) is 13.8 Å². The Balaban J connectivity index is 5.20. The first-order valence-electron chi connectivity index (χ1n) is 4.83. The third kappa shape index (κ3) is 3.04. The summed E-state index contributed by atoms with van der Waals surface area (Å²) in [5.41, 5.74) is 5.13. The van der Waals surface area contributed by atoms with Gasteiger partial charge in [0.05, 0.1) is 0 Å². The van der Waals surface area contributed by atoms with Crippen LogP contribution in [0.4, 0.5) is 0 Å². The standard InChI is InChI=1S/C9H16N4O3/c1-4-12(3)8(10)7(11-16)9(15)13(5-2)6-14/h6H,4-5,10H2,1-3H3/b8-7+. The zero-order chi connectivity index (χ0) is 12.7. The number of hydrogen-bond acceptors (Lipinski definition) is 6. The van der Waals surface area contributed by atoms with Gasteiger partial charge in [0, 0.05) is 20.1 Å². The zero-order valence-corrected chi connectivity index (χ0v) is 9.64. The summed E-state index contributed by atoms with van der Waals surface area (Å²) in [7, 11) is 1.62. The van der Waals surface area contributed by atoms with Gasteiger partial charge in [-0.25, -0.2) is 0 Å². The largest absolute Gasteiger partial charge is 0.383 e. The van der Waals surface area contributed by atoms with Crippen LogP contribution in [0.5, 0.6) is 0 Å². The highest BCUT2D eigenvalue weighted by Crippen LogP contribution is 2.08. The number of rotatable bonds is 6. The molecule has 0 aromatic rings. The molecule has 7 nitrogen and oxygen atoms in total. The first kappa shape index (κ1) is 14.1. The van der Waals surface area contributed by atoms with Gasteiger partial charge in [-0.3, -0.25) is 14.5 Å². The van der Waals surface area contributed by atoms with Gasteiger partial charge >= 0.3 is 0 Å². The Morgan fingerprint density at radius 3 is 2.25 bits per heavy atom. The second-order valence-corrected chi connectivity index (χ2v) is 3.04. The fourth-order valence-electron chi connectivity index (χ4n) is 0.949. The number of hydrogen-bond donors (Lipinski definition) is 1. The van der Waals surface area contributed by atoms with Crippen molar-refractivity contribution in [3.8, 4) is 0 Å². The summed E-state index contributed by atoms with van der Waals surface area (Å²) in [6, 6.07) is 0. The molecule has 2 N–H and O–H groups in total. The quantitative estimate of drug-likeness (QED) is 0.387. The van der Waals surface area contributed by atoms with E-state index >= 15 is 0 Å². The van der Waals surface area contributed by atoms with E-state index in [1.807, 2.05) is 0 Å². The van der Waals surface area contributed by atoms with Crippen molar-refractivity contribution in [3.05, 3.63) is 16.4 Å². The Labute approximate surface area is 93.8 Å². The molecule has 0 saturated heterocycles. The average Bonchev–Trinajstić information content (AvgIpc) is 2.30. The molecule has 0 radical (unpaired) electrons. The zero-order valence-electron chi connectivity index (χ0n) is 9.64. The number of imide groups is 1. The maximum atomic E-state index is 11.6. The monoisotopic (exact) mass is 228 g/mol. The van der Waals surface area contributed by atoms with Crippen LogP contribution in [0.25, 0.3) is 0 Å². The predicted molar refractivity (Wildman–Crippen MR) is 58.8 cm³/mol. The van der Waals surface area contributed by atoms with Crippen LogP contribution in [0, 0.1) is 4.91 Å². The lowest BCUT2D eigenvalue weighted by atomic mass is 10.3. The number of carbonyl (C=O) groups excluding carboxylic acids is 2. The number of nitrogens with two attached hydrogens (primary N) is 1. The van der Waals surface area contributed by atoms with Gasteiger partial charge in [0.2, 0.25) is 12.1 Å². The molecule has 0 heterocycles. The van der Waals surface area contributed by atoms with Gasteiger partial charge < -0.3 is 10.6 Å². The van der Waals surface area contributed by atoms with E-state index < -0.39 is 11.6 Å². The molecular weight excluding hydrogens is 212 g/mol. The van der Waals surface area contributed by atoms with Crippen molar-refractivity contribution in [1.82, 2.24) is 9.80 Å². The Hall–Kier alpha value is -1.92. The van der Waals surface area contributed by atoms with Crippen molar-refractivity contribution in [1.29, 1.82) is 0 Å². The van der Waals surface area contributed by atoms with Crippen molar-refractivity contribution < 1.29 is 9.59 Å². The molecule has 0 fully saturated rings. The summed E-state index contributed by atoms with van der Waals surface area (Å²) in [6.45, 7) is 4.08. The lowest BCUT2D eigenvalue weighted by Crippen LogP contribution is -2.34. The van der Waals surface area contributed by atoms with Gasteiger partial charge in [-0.2, -0.15) is 0 Å². The van der Waals surface area contributed by atoms with E-state index in [-0.39, 0.29) is 12.4 Å². The Morgan fingerprint density at radius 1 is 1.38 bits per heavy atom. The van der Waals surface area contributed by atoms with Crippen LogP contribution < -0.4 is 5.73 Å². The molecule has 0 aromatic heterocycles. The molecule has 2 amide bonds. The Kier molecular flexibility index (Phi) is 5.76. The summed E-state index contributed by atoms with van der Waals surface area (Å²) >= 11 is 0. The van der Waals surface area contributed by atoms with E-state index in [0.717, 1.165) is 4.90 Å². The summed E-state index contributed by atoms with van der Waals surface area (Å²) in [5.74, 6) is -0.826. The molecule has 90 valence electrons. The molecule has 0 atom stereocenters. The van der Waals surface area contributed by atoms with Crippen molar-refractivity contribution in [3.63, 3.8) is 0 Å². The lowest BCUT2D eigenvalue weighted by molar-refractivity contribution is -0.135. The molecule has 0 aliphatic heterocycles. The molecule has 0 aliphatic carbocycles. The second kappa shape index (κ2) is 6.54. The highest BCUT2D eigenvalue weighted by atomic mass is 16.3. The molecule has 0 aromatic carbocycles. The molecule has 0 unspecified atom stereocenters. The number of nitrogens with zero attached hydrogens (tertiary/aromatic N) is 3. The summed E-state index contributed by atoms with van der Waals surface area (Å²) < 4.78 is 0. The molecule has 0 rings (SSSR count). The minimum absolute atomic E-state index is 0.0391.